The summed E-state index contributed by atoms with van der Waals surface area (Å²) in [7, 11) is 0. The van der Waals surface area contributed by atoms with E-state index in [9.17, 15) is 0 Å². The van der Waals surface area contributed by atoms with Crippen LogP contribution in [0.2, 0.25) is 0 Å². The summed E-state index contributed by atoms with van der Waals surface area (Å²) in [4.78, 5) is 2.54. The van der Waals surface area contributed by atoms with Crippen molar-refractivity contribution in [1.82, 2.24) is 10.6 Å². The van der Waals surface area contributed by atoms with Gasteiger partial charge >= 0.3 is 0 Å². The molecule has 0 unspecified atom stereocenters. The third-order valence-electron chi connectivity index (χ3n) is 3.19. The molecular formula is C13H19N2. The molecule has 1 saturated heterocycles. The Hall–Kier alpha value is -1.02. The van der Waals surface area contributed by atoms with Crippen LogP contribution in [0.5, 0.6) is 0 Å². The summed E-state index contributed by atoms with van der Waals surface area (Å²) in [6, 6.07) is 8.03. The number of hydrogen-bond acceptors (Lipinski definition) is 1. The average Bonchev–Trinajstić information content (AvgIpc) is 2.68. The Bertz CT molecular complexity index is 305. The predicted molar refractivity (Wildman–Crippen MR) is 63.3 cm³/mol. The molecule has 1 radical (unpaired) electrons. The first-order chi connectivity index (χ1) is 7.29. The standard InChI is InChI=1S/C13H19N2/c1-2-8-15-9-7-12(10-15)11-3-5-13(14)6-4-11/h3-6,12,14H,2,7-10H2,1H3/t12-/m1/s1. The van der Waals surface area contributed by atoms with Crippen LogP contribution < -0.4 is 5.73 Å². The highest BCUT2D eigenvalue weighted by atomic mass is 15.1. The summed E-state index contributed by atoms with van der Waals surface area (Å²) in [5, 5.41) is 0. The molecule has 1 atom stereocenters. The lowest BCUT2D eigenvalue weighted by atomic mass is 9.98. The Morgan fingerprint density at radius 2 is 2.07 bits per heavy atom. The van der Waals surface area contributed by atoms with Crippen molar-refractivity contribution in [3.63, 3.8) is 0 Å². The second-order valence-electron chi connectivity index (χ2n) is 4.41. The van der Waals surface area contributed by atoms with Crippen molar-refractivity contribution < 1.29 is 0 Å². The third kappa shape index (κ3) is 2.51. The topological polar surface area (TPSA) is 27.0 Å². The summed E-state index contributed by atoms with van der Waals surface area (Å²) in [6.07, 6.45) is 2.52. The van der Waals surface area contributed by atoms with Gasteiger partial charge in [0.2, 0.25) is 0 Å². The smallest absolute Gasteiger partial charge is 0.0540 e. The maximum absolute atomic E-state index is 7.46. The van der Waals surface area contributed by atoms with Gasteiger partial charge in [0, 0.05) is 6.54 Å². The summed E-state index contributed by atoms with van der Waals surface area (Å²) in [5.41, 5.74) is 9.48. The number of nitrogens with zero attached hydrogens (tertiary/aromatic N) is 1. The zero-order chi connectivity index (χ0) is 10.7. The molecule has 1 aromatic rings. The molecule has 15 heavy (non-hydrogen) atoms. The largest absolute Gasteiger partial charge is 0.303 e. The van der Waals surface area contributed by atoms with Crippen LogP contribution in [0.4, 0.5) is 5.69 Å². The highest BCUT2D eigenvalue weighted by Crippen LogP contribution is 2.27. The van der Waals surface area contributed by atoms with Gasteiger partial charge in [-0.3, -0.25) is 0 Å². The van der Waals surface area contributed by atoms with E-state index in [1.807, 2.05) is 12.1 Å². The molecular weight excluding hydrogens is 184 g/mol. The Balaban J connectivity index is 1.98. The molecule has 81 valence electrons. The molecule has 0 aliphatic carbocycles. The Morgan fingerprint density at radius 3 is 2.73 bits per heavy atom. The van der Waals surface area contributed by atoms with E-state index < -0.39 is 0 Å². The van der Waals surface area contributed by atoms with E-state index in [2.05, 4.69) is 24.0 Å². The Kier molecular flexibility index (Phi) is 3.27. The minimum absolute atomic E-state index is 0.613. The van der Waals surface area contributed by atoms with Gasteiger partial charge in [-0.25, -0.2) is 0 Å². The summed E-state index contributed by atoms with van der Waals surface area (Å²) in [5.74, 6) is 0.692. The van der Waals surface area contributed by atoms with Gasteiger partial charge in [0.05, 0.1) is 5.69 Å². The van der Waals surface area contributed by atoms with Crippen molar-refractivity contribution >= 4 is 5.69 Å². The fraction of sp³-hybridized carbons (Fsp3) is 0.538. The van der Waals surface area contributed by atoms with Crippen LogP contribution in [0.3, 0.4) is 0 Å². The van der Waals surface area contributed by atoms with Crippen LogP contribution in [0.15, 0.2) is 24.3 Å². The van der Waals surface area contributed by atoms with Crippen LogP contribution in [0, 0.1) is 0 Å². The van der Waals surface area contributed by atoms with Gasteiger partial charge in [-0.15, -0.1) is 0 Å². The van der Waals surface area contributed by atoms with E-state index in [-0.39, 0.29) is 0 Å². The molecule has 0 aromatic heterocycles. The van der Waals surface area contributed by atoms with Crippen molar-refractivity contribution in [1.29, 1.82) is 0 Å². The maximum Gasteiger partial charge on any atom is 0.0540 e. The lowest BCUT2D eigenvalue weighted by Crippen LogP contribution is -2.20. The number of nitrogens with one attached hydrogen (secondary N) is 1. The highest BCUT2D eigenvalue weighted by molar-refractivity contribution is 5.37. The molecule has 1 aliphatic rings. The second-order valence-corrected chi connectivity index (χ2v) is 4.41. The van der Waals surface area contributed by atoms with Gasteiger partial charge < -0.3 is 10.6 Å². The molecule has 0 amide bonds. The van der Waals surface area contributed by atoms with E-state index in [0.717, 1.165) is 0 Å². The van der Waals surface area contributed by atoms with Crippen molar-refractivity contribution in [2.45, 2.75) is 25.7 Å². The van der Waals surface area contributed by atoms with E-state index in [0.29, 0.717) is 11.6 Å². The number of hydrogen-bond donors (Lipinski definition) is 0. The van der Waals surface area contributed by atoms with Gasteiger partial charge in [-0.2, -0.15) is 0 Å². The predicted octanol–water partition coefficient (Wildman–Crippen LogP) is 2.80. The van der Waals surface area contributed by atoms with Gasteiger partial charge in [-0.05, 0) is 49.5 Å². The summed E-state index contributed by atoms with van der Waals surface area (Å²) >= 11 is 0. The molecule has 0 saturated carbocycles. The van der Waals surface area contributed by atoms with Crippen LogP contribution in [-0.4, -0.2) is 24.5 Å². The first-order valence-corrected chi connectivity index (χ1v) is 5.83. The molecule has 0 spiro atoms. The number of rotatable bonds is 3. The SMILES string of the molecule is CCCN1CC[C@@H](c2ccc([NH])cc2)C1. The molecule has 1 heterocycles. The average molecular weight is 203 g/mol. The number of likely N-dealkylation sites (tertiary alicyclic amines) is 1. The molecule has 0 bridgehead atoms. The minimum atomic E-state index is 0.613. The van der Waals surface area contributed by atoms with Crippen molar-refractivity contribution in [3.8, 4) is 0 Å². The molecule has 2 rings (SSSR count). The molecule has 1 N–H and O–H groups in total. The minimum Gasteiger partial charge on any atom is -0.303 e. The van der Waals surface area contributed by atoms with Crippen LogP contribution >= 0.6 is 0 Å². The van der Waals surface area contributed by atoms with Crippen molar-refractivity contribution in [2.75, 3.05) is 19.6 Å². The molecule has 1 aliphatic heterocycles. The lowest BCUT2D eigenvalue weighted by molar-refractivity contribution is 0.335. The van der Waals surface area contributed by atoms with E-state index >= 15 is 0 Å². The zero-order valence-corrected chi connectivity index (χ0v) is 9.37. The maximum atomic E-state index is 7.46. The van der Waals surface area contributed by atoms with Crippen molar-refractivity contribution in [2.24, 2.45) is 0 Å². The normalized spacial score (nSPS) is 22.1. The molecule has 2 heteroatoms. The molecule has 1 aromatic carbocycles. The Morgan fingerprint density at radius 1 is 1.33 bits per heavy atom. The fourth-order valence-corrected chi connectivity index (χ4v) is 2.38. The van der Waals surface area contributed by atoms with Crippen LogP contribution in [0.1, 0.15) is 31.2 Å². The van der Waals surface area contributed by atoms with Gasteiger partial charge in [0.15, 0.2) is 0 Å². The molecule has 1 fully saturated rings. The monoisotopic (exact) mass is 203 g/mol. The first-order valence-electron chi connectivity index (χ1n) is 5.83. The highest BCUT2D eigenvalue weighted by Gasteiger charge is 2.22. The summed E-state index contributed by atoms with van der Waals surface area (Å²) in [6.45, 7) is 5.90. The van der Waals surface area contributed by atoms with Gasteiger partial charge in [-0.1, -0.05) is 19.1 Å². The van der Waals surface area contributed by atoms with E-state index in [4.69, 9.17) is 5.73 Å². The molecule has 2 nitrogen and oxygen atoms in total. The van der Waals surface area contributed by atoms with Crippen LogP contribution in [-0.2, 0) is 0 Å². The second kappa shape index (κ2) is 4.67. The lowest BCUT2D eigenvalue weighted by Gasteiger charge is -2.14. The number of benzene rings is 1. The van der Waals surface area contributed by atoms with Gasteiger partial charge in [0.25, 0.3) is 0 Å². The van der Waals surface area contributed by atoms with Gasteiger partial charge in [0.1, 0.15) is 0 Å². The van der Waals surface area contributed by atoms with Crippen molar-refractivity contribution in [3.05, 3.63) is 29.8 Å². The first kappa shape index (κ1) is 10.5. The third-order valence-corrected chi connectivity index (χ3v) is 3.19. The zero-order valence-electron chi connectivity index (χ0n) is 9.37. The Labute approximate surface area is 92.1 Å². The summed E-state index contributed by atoms with van der Waals surface area (Å²) < 4.78 is 0. The fourth-order valence-electron chi connectivity index (χ4n) is 2.38. The van der Waals surface area contributed by atoms with Crippen LogP contribution in [0.25, 0.3) is 0 Å². The van der Waals surface area contributed by atoms with E-state index in [1.54, 1.807) is 0 Å². The quantitative estimate of drug-likeness (QED) is 0.742. The van der Waals surface area contributed by atoms with E-state index in [1.165, 1.54) is 38.0 Å².